The molecule has 1 fully saturated rings. The number of H-pyrrole nitrogens is 1. The third kappa shape index (κ3) is 2.39. The van der Waals surface area contributed by atoms with Gasteiger partial charge < -0.3 is 15.4 Å². The highest BCUT2D eigenvalue weighted by Gasteiger charge is 2.24. The number of carbonyl (C=O) groups is 1. The lowest BCUT2D eigenvalue weighted by molar-refractivity contribution is 0.0714. The molecule has 1 aromatic heterocycles. The van der Waals surface area contributed by atoms with Crippen LogP contribution in [-0.4, -0.2) is 28.1 Å². The number of rotatable bonds is 2. The van der Waals surface area contributed by atoms with Crippen LogP contribution in [0.4, 0.5) is 0 Å². The van der Waals surface area contributed by atoms with Crippen molar-refractivity contribution in [2.75, 3.05) is 0 Å². The number of aromatic amines is 1. The van der Waals surface area contributed by atoms with Crippen molar-refractivity contribution in [2.24, 2.45) is 0 Å². The van der Waals surface area contributed by atoms with Crippen molar-refractivity contribution >= 4 is 5.91 Å². The van der Waals surface area contributed by atoms with Crippen LogP contribution in [0.15, 0.2) is 18.3 Å². The van der Waals surface area contributed by atoms with E-state index in [9.17, 15) is 9.90 Å². The van der Waals surface area contributed by atoms with Crippen LogP contribution in [0.2, 0.25) is 0 Å². The minimum atomic E-state index is -0.391. The van der Waals surface area contributed by atoms with E-state index < -0.39 is 6.10 Å². The Labute approximate surface area is 88.7 Å². The number of aliphatic hydroxyl groups excluding tert-OH is 1. The van der Waals surface area contributed by atoms with Gasteiger partial charge in [0, 0.05) is 6.20 Å². The van der Waals surface area contributed by atoms with Crippen molar-refractivity contribution < 1.29 is 9.90 Å². The fraction of sp³-hybridized carbons (Fsp3) is 0.545. The molecule has 0 spiro atoms. The molecule has 0 aliphatic heterocycles. The first kappa shape index (κ1) is 10.2. The Kier molecular flexibility index (Phi) is 3.06. The van der Waals surface area contributed by atoms with Gasteiger partial charge in [0.1, 0.15) is 5.69 Å². The van der Waals surface area contributed by atoms with E-state index in [0.717, 1.165) is 25.7 Å². The molecule has 0 radical (unpaired) electrons. The molecule has 1 aliphatic rings. The van der Waals surface area contributed by atoms with Gasteiger partial charge >= 0.3 is 0 Å². The molecule has 1 aliphatic carbocycles. The first-order chi connectivity index (χ1) is 7.27. The van der Waals surface area contributed by atoms with E-state index in [0.29, 0.717) is 5.69 Å². The Morgan fingerprint density at radius 3 is 2.93 bits per heavy atom. The molecule has 82 valence electrons. The van der Waals surface area contributed by atoms with Crippen LogP contribution in [0, 0.1) is 0 Å². The molecule has 1 amide bonds. The van der Waals surface area contributed by atoms with Gasteiger partial charge in [0.25, 0.3) is 5.91 Å². The smallest absolute Gasteiger partial charge is 0.267 e. The van der Waals surface area contributed by atoms with Gasteiger partial charge in [0.05, 0.1) is 12.1 Å². The molecule has 3 N–H and O–H groups in total. The molecular weight excluding hydrogens is 192 g/mol. The van der Waals surface area contributed by atoms with Crippen molar-refractivity contribution in [1.82, 2.24) is 10.3 Å². The lowest BCUT2D eigenvalue weighted by Crippen LogP contribution is -2.45. The lowest BCUT2D eigenvalue weighted by atomic mass is 9.92. The Morgan fingerprint density at radius 2 is 2.27 bits per heavy atom. The van der Waals surface area contributed by atoms with E-state index in [1.54, 1.807) is 18.3 Å². The summed E-state index contributed by atoms with van der Waals surface area (Å²) in [7, 11) is 0. The molecular formula is C11H16N2O2. The normalized spacial score (nSPS) is 26.2. The first-order valence-corrected chi connectivity index (χ1v) is 5.39. The second-order valence-corrected chi connectivity index (χ2v) is 4.02. The molecule has 1 saturated carbocycles. The van der Waals surface area contributed by atoms with Gasteiger partial charge in [-0.05, 0) is 25.0 Å². The summed E-state index contributed by atoms with van der Waals surface area (Å²) in [6.45, 7) is 0. The van der Waals surface area contributed by atoms with Gasteiger partial charge in [0.15, 0.2) is 0 Å². The molecule has 2 unspecified atom stereocenters. The van der Waals surface area contributed by atoms with Crippen LogP contribution >= 0.6 is 0 Å². The number of aliphatic hydroxyl groups is 1. The fourth-order valence-corrected chi connectivity index (χ4v) is 2.00. The Balaban J connectivity index is 1.93. The van der Waals surface area contributed by atoms with Crippen molar-refractivity contribution in [1.29, 1.82) is 0 Å². The average molecular weight is 208 g/mol. The Bertz CT molecular complexity index is 321. The molecule has 0 aromatic carbocycles. The lowest BCUT2D eigenvalue weighted by Gasteiger charge is -2.28. The number of hydrogen-bond donors (Lipinski definition) is 3. The fourth-order valence-electron chi connectivity index (χ4n) is 2.00. The van der Waals surface area contributed by atoms with E-state index in [1.807, 2.05) is 0 Å². The second kappa shape index (κ2) is 4.49. The van der Waals surface area contributed by atoms with Crippen LogP contribution in [0.3, 0.4) is 0 Å². The van der Waals surface area contributed by atoms with Crippen molar-refractivity contribution in [3.8, 4) is 0 Å². The van der Waals surface area contributed by atoms with Gasteiger partial charge in [-0.1, -0.05) is 12.8 Å². The molecule has 15 heavy (non-hydrogen) atoms. The predicted octanol–water partition coefficient (Wildman–Crippen LogP) is 1.05. The number of carbonyl (C=O) groups excluding carboxylic acids is 1. The Morgan fingerprint density at radius 1 is 1.47 bits per heavy atom. The van der Waals surface area contributed by atoms with Gasteiger partial charge in [-0.2, -0.15) is 0 Å². The van der Waals surface area contributed by atoms with Crippen molar-refractivity contribution in [3.63, 3.8) is 0 Å². The van der Waals surface area contributed by atoms with E-state index >= 15 is 0 Å². The highest BCUT2D eigenvalue weighted by atomic mass is 16.3. The largest absolute Gasteiger partial charge is 0.391 e. The molecule has 1 aromatic rings. The maximum absolute atomic E-state index is 11.7. The third-order valence-corrected chi connectivity index (χ3v) is 2.89. The van der Waals surface area contributed by atoms with Crippen molar-refractivity contribution in [3.05, 3.63) is 24.0 Å². The van der Waals surface area contributed by atoms with E-state index in [1.165, 1.54) is 0 Å². The van der Waals surface area contributed by atoms with E-state index in [4.69, 9.17) is 0 Å². The van der Waals surface area contributed by atoms with Gasteiger partial charge in [-0.3, -0.25) is 4.79 Å². The van der Waals surface area contributed by atoms with Gasteiger partial charge in [-0.15, -0.1) is 0 Å². The minimum Gasteiger partial charge on any atom is -0.391 e. The highest BCUT2D eigenvalue weighted by Crippen LogP contribution is 2.18. The van der Waals surface area contributed by atoms with Crippen LogP contribution in [0.5, 0.6) is 0 Å². The monoisotopic (exact) mass is 208 g/mol. The zero-order valence-electron chi connectivity index (χ0n) is 8.57. The summed E-state index contributed by atoms with van der Waals surface area (Å²) in [5, 5.41) is 12.5. The Hall–Kier alpha value is -1.29. The van der Waals surface area contributed by atoms with Crippen LogP contribution in [0.25, 0.3) is 0 Å². The van der Waals surface area contributed by atoms with Crippen LogP contribution in [-0.2, 0) is 0 Å². The number of aromatic nitrogens is 1. The minimum absolute atomic E-state index is 0.0884. The molecule has 4 nitrogen and oxygen atoms in total. The molecule has 0 saturated heterocycles. The van der Waals surface area contributed by atoms with Gasteiger partial charge in [0.2, 0.25) is 0 Å². The quantitative estimate of drug-likeness (QED) is 0.680. The molecule has 0 bridgehead atoms. The third-order valence-electron chi connectivity index (χ3n) is 2.89. The molecule has 2 rings (SSSR count). The predicted molar refractivity (Wildman–Crippen MR) is 56.5 cm³/mol. The number of amides is 1. The summed E-state index contributed by atoms with van der Waals surface area (Å²) in [5.41, 5.74) is 0.549. The summed E-state index contributed by atoms with van der Waals surface area (Å²) in [4.78, 5) is 14.5. The first-order valence-electron chi connectivity index (χ1n) is 5.39. The zero-order valence-corrected chi connectivity index (χ0v) is 8.57. The van der Waals surface area contributed by atoms with Gasteiger partial charge in [-0.25, -0.2) is 0 Å². The number of nitrogens with one attached hydrogen (secondary N) is 2. The molecule has 2 atom stereocenters. The van der Waals surface area contributed by atoms with Crippen molar-refractivity contribution in [2.45, 2.75) is 37.8 Å². The maximum atomic E-state index is 11.7. The van der Waals surface area contributed by atoms with Crippen LogP contribution in [0.1, 0.15) is 36.2 Å². The SMILES string of the molecule is O=C(NC1CCCCC1O)c1ccc[nH]1. The highest BCUT2D eigenvalue weighted by molar-refractivity contribution is 5.92. The second-order valence-electron chi connectivity index (χ2n) is 4.02. The summed E-state index contributed by atoms with van der Waals surface area (Å²) >= 11 is 0. The average Bonchev–Trinajstić information content (AvgIpc) is 2.74. The summed E-state index contributed by atoms with van der Waals surface area (Å²) in [6, 6.07) is 3.42. The molecule has 4 heteroatoms. The van der Waals surface area contributed by atoms with E-state index in [2.05, 4.69) is 10.3 Å². The zero-order chi connectivity index (χ0) is 10.7. The summed E-state index contributed by atoms with van der Waals surface area (Å²) in [5.74, 6) is -0.133. The summed E-state index contributed by atoms with van der Waals surface area (Å²) < 4.78 is 0. The number of hydrogen-bond acceptors (Lipinski definition) is 2. The van der Waals surface area contributed by atoms with Crippen LogP contribution < -0.4 is 5.32 Å². The topological polar surface area (TPSA) is 65.1 Å². The van der Waals surface area contributed by atoms with E-state index in [-0.39, 0.29) is 11.9 Å². The standard InChI is InChI=1S/C11H16N2O2/c14-10-6-2-1-4-8(10)13-11(15)9-5-3-7-12-9/h3,5,7-8,10,12,14H,1-2,4,6H2,(H,13,15). The summed E-state index contributed by atoms with van der Waals surface area (Å²) in [6.07, 6.45) is 5.11. The maximum Gasteiger partial charge on any atom is 0.267 e. The molecule has 1 heterocycles.